The normalized spacial score (nSPS) is 10.5. The van der Waals surface area contributed by atoms with Crippen LogP contribution in [-0.4, -0.2) is 24.0 Å². The number of thiophene rings is 1. The van der Waals surface area contributed by atoms with Gasteiger partial charge in [-0.2, -0.15) is 5.10 Å². The Labute approximate surface area is 171 Å². The van der Waals surface area contributed by atoms with Crippen LogP contribution in [0.25, 0.3) is 0 Å². The summed E-state index contributed by atoms with van der Waals surface area (Å²) in [4.78, 5) is 36.0. The van der Waals surface area contributed by atoms with Gasteiger partial charge >= 0.3 is 17.8 Å². The molecule has 0 unspecified atom stereocenters. The fourth-order valence-electron chi connectivity index (χ4n) is 2.21. The van der Waals surface area contributed by atoms with Crippen LogP contribution < -0.4 is 15.5 Å². The molecule has 3 rings (SSSR count). The zero-order valence-corrected chi connectivity index (χ0v) is 16.2. The highest BCUT2D eigenvalue weighted by molar-refractivity contribution is 7.12. The molecule has 2 N–H and O–H groups in total. The van der Waals surface area contributed by atoms with Crippen LogP contribution in [0.15, 0.2) is 71.1 Å². The summed E-state index contributed by atoms with van der Waals surface area (Å²) < 4.78 is 5.26. The highest BCUT2D eigenvalue weighted by atomic mass is 32.1. The van der Waals surface area contributed by atoms with E-state index in [0.29, 0.717) is 21.9 Å². The Hall–Kier alpha value is -3.78. The Morgan fingerprint density at radius 3 is 2.34 bits per heavy atom. The minimum atomic E-state index is -0.886. The SMILES string of the molecule is Cc1ccc(NC(=O)C(=O)NN=Cc2ccc(OC(=O)c3cccs3)cc2)cc1. The van der Waals surface area contributed by atoms with E-state index in [0.717, 1.165) is 5.56 Å². The lowest BCUT2D eigenvalue weighted by Crippen LogP contribution is -2.32. The van der Waals surface area contributed by atoms with Gasteiger partial charge in [0.1, 0.15) is 10.6 Å². The number of hydrogen-bond acceptors (Lipinski definition) is 6. The number of carbonyl (C=O) groups is 3. The average Bonchev–Trinajstić information content (AvgIpc) is 3.26. The van der Waals surface area contributed by atoms with Gasteiger partial charge in [-0.25, -0.2) is 10.2 Å². The molecule has 0 radical (unpaired) electrons. The molecule has 0 spiro atoms. The van der Waals surface area contributed by atoms with Crippen LogP contribution >= 0.6 is 11.3 Å². The van der Waals surface area contributed by atoms with E-state index < -0.39 is 17.8 Å². The zero-order chi connectivity index (χ0) is 20.6. The molecular formula is C21H17N3O4S. The summed E-state index contributed by atoms with van der Waals surface area (Å²) >= 11 is 1.30. The third kappa shape index (κ3) is 5.85. The number of carbonyl (C=O) groups excluding carboxylic acids is 3. The van der Waals surface area contributed by atoms with E-state index in [1.54, 1.807) is 53.9 Å². The Kier molecular flexibility index (Phi) is 6.49. The van der Waals surface area contributed by atoms with Gasteiger partial charge in [0.05, 0.1) is 6.21 Å². The number of rotatable bonds is 5. The second-order valence-corrected chi connectivity index (χ2v) is 6.90. The van der Waals surface area contributed by atoms with Gasteiger partial charge < -0.3 is 10.1 Å². The Balaban J connectivity index is 1.49. The minimum absolute atomic E-state index is 0.391. The second kappa shape index (κ2) is 9.43. The lowest BCUT2D eigenvalue weighted by Gasteiger charge is -2.04. The molecule has 1 aromatic heterocycles. The highest BCUT2D eigenvalue weighted by Gasteiger charge is 2.12. The number of aryl methyl sites for hydroxylation is 1. The van der Waals surface area contributed by atoms with Crippen molar-refractivity contribution in [2.75, 3.05) is 5.32 Å². The summed E-state index contributed by atoms with van der Waals surface area (Å²) in [5.74, 6) is -1.74. The van der Waals surface area contributed by atoms with Crippen LogP contribution in [0.5, 0.6) is 5.75 Å². The number of anilines is 1. The van der Waals surface area contributed by atoms with Crippen molar-refractivity contribution in [3.63, 3.8) is 0 Å². The van der Waals surface area contributed by atoms with E-state index in [9.17, 15) is 14.4 Å². The van der Waals surface area contributed by atoms with E-state index in [2.05, 4.69) is 15.8 Å². The summed E-state index contributed by atoms with van der Waals surface area (Å²) in [5, 5.41) is 8.04. The van der Waals surface area contributed by atoms with Gasteiger partial charge in [-0.1, -0.05) is 23.8 Å². The van der Waals surface area contributed by atoms with E-state index in [1.807, 2.05) is 19.1 Å². The molecule has 0 aliphatic rings. The van der Waals surface area contributed by atoms with Crippen molar-refractivity contribution in [3.8, 4) is 5.75 Å². The summed E-state index contributed by atoms with van der Waals surface area (Å²) in [7, 11) is 0. The molecule has 0 aliphatic carbocycles. The van der Waals surface area contributed by atoms with Gasteiger partial charge in [0.15, 0.2) is 0 Å². The maximum atomic E-state index is 11.9. The van der Waals surface area contributed by atoms with Crippen molar-refractivity contribution in [1.29, 1.82) is 0 Å². The van der Waals surface area contributed by atoms with Gasteiger partial charge in [-0.15, -0.1) is 11.3 Å². The predicted octanol–water partition coefficient (Wildman–Crippen LogP) is 3.36. The van der Waals surface area contributed by atoms with Crippen LogP contribution in [0.1, 0.15) is 20.8 Å². The molecule has 29 heavy (non-hydrogen) atoms. The standard InChI is InChI=1S/C21H17N3O4S/c1-14-4-8-16(9-5-14)23-19(25)20(26)24-22-13-15-6-10-17(11-7-15)28-21(27)18-3-2-12-29-18/h2-13H,1H3,(H,23,25)(H,24,26). The first-order valence-corrected chi connectivity index (χ1v) is 9.46. The largest absolute Gasteiger partial charge is 0.422 e. The van der Waals surface area contributed by atoms with E-state index in [1.165, 1.54) is 17.6 Å². The molecule has 7 nitrogen and oxygen atoms in total. The first-order chi connectivity index (χ1) is 14.0. The van der Waals surface area contributed by atoms with Crippen LogP contribution in [-0.2, 0) is 9.59 Å². The third-order valence-corrected chi connectivity index (χ3v) is 4.56. The zero-order valence-electron chi connectivity index (χ0n) is 15.4. The van der Waals surface area contributed by atoms with Crippen LogP contribution in [0.2, 0.25) is 0 Å². The summed E-state index contributed by atoms with van der Waals surface area (Å²) in [5.41, 5.74) is 4.38. The molecule has 0 atom stereocenters. The Morgan fingerprint density at radius 2 is 1.69 bits per heavy atom. The Morgan fingerprint density at radius 1 is 0.966 bits per heavy atom. The molecular weight excluding hydrogens is 390 g/mol. The molecule has 8 heteroatoms. The summed E-state index contributed by atoms with van der Waals surface area (Å²) in [6.07, 6.45) is 1.38. The first kappa shape index (κ1) is 20.0. The quantitative estimate of drug-likeness (QED) is 0.223. The molecule has 3 aromatic rings. The molecule has 0 saturated heterocycles. The maximum absolute atomic E-state index is 11.9. The molecule has 2 amide bonds. The number of hydrazone groups is 1. The molecule has 146 valence electrons. The number of hydrogen-bond donors (Lipinski definition) is 2. The van der Waals surface area contributed by atoms with Crippen molar-refractivity contribution >= 4 is 41.0 Å². The van der Waals surface area contributed by atoms with E-state index in [4.69, 9.17) is 4.74 Å². The topological polar surface area (TPSA) is 96.9 Å². The lowest BCUT2D eigenvalue weighted by atomic mass is 10.2. The smallest absolute Gasteiger partial charge is 0.353 e. The minimum Gasteiger partial charge on any atom is -0.422 e. The van der Waals surface area contributed by atoms with Crippen molar-refractivity contribution < 1.29 is 19.1 Å². The number of nitrogens with one attached hydrogen (secondary N) is 2. The van der Waals surface area contributed by atoms with Crippen molar-refractivity contribution in [3.05, 3.63) is 82.0 Å². The second-order valence-electron chi connectivity index (χ2n) is 5.96. The highest BCUT2D eigenvalue weighted by Crippen LogP contribution is 2.16. The summed E-state index contributed by atoms with van der Waals surface area (Å²) in [6, 6.07) is 17.1. The van der Waals surface area contributed by atoms with Crippen LogP contribution in [0, 0.1) is 6.92 Å². The monoisotopic (exact) mass is 407 g/mol. The number of amides is 2. The van der Waals surface area contributed by atoms with Crippen molar-refractivity contribution in [1.82, 2.24) is 5.43 Å². The molecule has 1 heterocycles. The van der Waals surface area contributed by atoms with Crippen LogP contribution in [0.4, 0.5) is 5.69 Å². The number of esters is 1. The molecule has 0 aliphatic heterocycles. The number of ether oxygens (including phenoxy) is 1. The third-order valence-electron chi connectivity index (χ3n) is 3.71. The van der Waals surface area contributed by atoms with Crippen molar-refractivity contribution in [2.45, 2.75) is 6.92 Å². The van der Waals surface area contributed by atoms with Gasteiger partial charge in [0.2, 0.25) is 0 Å². The molecule has 0 saturated carbocycles. The Bertz CT molecular complexity index is 1030. The fourth-order valence-corrected chi connectivity index (χ4v) is 2.81. The first-order valence-electron chi connectivity index (χ1n) is 8.58. The van der Waals surface area contributed by atoms with Gasteiger partial charge in [0.25, 0.3) is 0 Å². The van der Waals surface area contributed by atoms with Crippen LogP contribution in [0.3, 0.4) is 0 Å². The van der Waals surface area contributed by atoms with Gasteiger partial charge in [-0.3, -0.25) is 9.59 Å². The predicted molar refractivity (Wildman–Crippen MR) is 111 cm³/mol. The summed E-state index contributed by atoms with van der Waals surface area (Å²) in [6.45, 7) is 1.92. The number of benzene rings is 2. The van der Waals surface area contributed by atoms with Gasteiger partial charge in [-0.05, 0) is 60.3 Å². The molecule has 0 fully saturated rings. The number of nitrogens with zero attached hydrogens (tertiary/aromatic N) is 1. The van der Waals surface area contributed by atoms with E-state index in [-0.39, 0.29) is 0 Å². The lowest BCUT2D eigenvalue weighted by molar-refractivity contribution is -0.136. The van der Waals surface area contributed by atoms with E-state index >= 15 is 0 Å². The maximum Gasteiger partial charge on any atom is 0.353 e. The fraction of sp³-hybridized carbons (Fsp3) is 0.0476. The van der Waals surface area contributed by atoms with Gasteiger partial charge in [0, 0.05) is 5.69 Å². The average molecular weight is 407 g/mol. The molecule has 0 bridgehead atoms. The van der Waals surface area contributed by atoms with Crippen molar-refractivity contribution in [2.24, 2.45) is 5.10 Å². The molecule has 2 aromatic carbocycles.